The quantitative estimate of drug-likeness (QED) is 0.709. The summed E-state index contributed by atoms with van der Waals surface area (Å²) in [5.41, 5.74) is 3.83. The first kappa shape index (κ1) is 15.8. The van der Waals surface area contributed by atoms with Gasteiger partial charge in [-0.25, -0.2) is 4.98 Å². The van der Waals surface area contributed by atoms with Gasteiger partial charge in [0.1, 0.15) is 11.6 Å². The summed E-state index contributed by atoms with van der Waals surface area (Å²) >= 11 is 0. The van der Waals surface area contributed by atoms with Gasteiger partial charge in [-0.2, -0.15) is 0 Å². The molecule has 0 radical (unpaired) electrons. The number of H-pyrrole nitrogens is 1. The van der Waals surface area contributed by atoms with Gasteiger partial charge >= 0.3 is 0 Å². The molecule has 122 valence electrons. The minimum atomic E-state index is -0.181. The highest BCUT2D eigenvalue weighted by molar-refractivity contribution is 5.92. The molecule has 0 spiro atoms. The van der Waals surface area contributed by atoms with Gasteiger partial charge in [-0.15, -0.1) is 0 Å². The average molecular weight is 321 g/mol. The molecule has 0 aliphatic carbocycles. The van der Waals surface area contributed by atoms with Crippen LogP contribution in [0.25, 0.3) is 17.1 Å². The van der Waals surface area contributed by atoms with Crippen LogP contribution < -0.4 is 10.1 Å². The van der Waals surface area contributed by atoms with Crippen molar-refractivity contribution in [2.75, 3.05) is 7.11 Å². The zero-order valence-electron chi connectivity index (χ0n) is 13.7. The monoisotopic (exact) mass is 321 g/mol. The number of hydrogen-bond donors (Lipinski definition) is 2. The second kappa shape index (κ2) is 7.00. The second-order valence-corrected chi connectivity index (χ2v) is 5.50. The van der Waals surface area contributed by atoms with Crippen LogP contribution in [0.5, 0.6) is 5.75 Å². The zero-order chi connectivity index (χ0) is 16.9. The summed E-state index contributed by atoms with van der Waals surface area (Å²) in [6.45, 7) is 2.35. The predicted octanol–water partition coefficient (Wildman–Crippen LogP) is 3.21. The van der Waals surface area contributed by atoms with Crippen molar-refractivity contribution >= 4 is 23.0 Å². The molecule has 0 aliphatic heterocycles. The molecule has 2 N–H and O–H groups in total. The largest absolute Gasteiger partial charge is 0.496 e. The third kappa shape index (κ3) is 3.63. The SMILES string of the molecule is COc1ccc(C)cc1/C=C/C(=O)NCc1nc2ccccc2[nH]1. The Morgan fingerprint density at radius 2 is 2.12 bits per heavy atom. The molecule has 1 heterocycles. The van der Waals surface area contributed by atoms with E-state index in [4.69, 9.17) is 4.74 Å². The first-order valence-electron chi connectivity index (χ1n) is 7.70. The van der Waals surface area contributed by atoms with Gasteiger partial charge in [-0.05, 0) is 37.3 Å². The van der Waals surface area contributed by atoms with Crippen molar-refractivity contribution in [1.29, 1.82) is 0 Å². The number of aromatic nitrogens is 2. The highest BCUT2D eigenvalue weighted by Gasteiger charge is 2.04. The minimum Gasteiger partial charge on any atom is -0.496 e. The van der Waals surface area contributed by atoms with Crippen LogP contribution in [0.4, 0.5) is 0 Å². The molecule has 3 aromatic rings. The molecule has 1 amide bonds. The third-order valence-corrected chi connectivity index (χ3v) is 3.67. The van der Waals surface area contributed by atoms with Crippen LogP contribution in [-0.4, -0.2) is 23.0 Å². The van der Waals surface area contributed by atoms with E-state index in [1.54, 1.807) is 13.2 Å². The Balaban J connectivity index is 1.64. The molecule has 0 aliphatic rings. The Kier molecular flexibility index (Phi) is 4.61. The van der Waals surface area contributed by atoms with Gasteiger partial charge in [0.25, 0.3) is 0 Å². The molecule has 24 heavy (non-hydrogen) atoms. The molecule has 0 atom stereocenters. The lowest BCUT2D eigenvalue weighted by Gasteiger charge is -2.05. The molecular formula is C19H19N3O2. The number of fused-ring (bicyclic) bond motifs is 1. The lowest BCUT2D eigenvalue weighted by molar-refractivity contribution is -0.116. The standard InChI is InChI=1S/C19H19N3O2/c1-13-7-9-17(24-2)14(11-13)8-10-19(23)20-12-18-21-15-5-3-4-6-16(15)22-18/h3-11H,12H2,1-2H3,(H,20,23)(H,21,22)/b10-8+. The van der Waals surface area contributed by atoms with E-state index < -0.39 is 0 Å². The van der Waals surface area contributed by atoms with Crippen LogP contribution in [0.1, 0.15) is 17.0 Å². The predicted molar refractivity (Wildman–Crippen MR) is 94.7 cm³/mol. The first-order chi connectivity index (χ1) is 11.7. The highest BCUT2D eigenvalue weighted by atomic mass is 16.5. The number of nitrogens with one attached hydrogen (secondary N) is 2. The summed E-state index contributed by atoms with van der Waals surface area (Å²) in [4.78, 5) is 19.6. The molecule has 3 rings (SSSR count). The average Bonchev–Trinajstić information content (AvgIpc) is 3.01. The number of para-hydroxylation sites is 2. The lowest BCUT2D eigenvalue weighted by atomic mass is 10.1. The fourth-order valence-electron chi connectivity index (χ4n) is 2.47. The number of amides is 1. The summed E-state index contributed by atoms with van der Waals surface area (Å²) in [5, 5.41) is 2.82. The van der Waals surface area contributed by atoms with Crippen molar-refractivity contribution in [2.24, 2.45) is 0 Å². The number of carbonyl (C=O) groups is 1. The topological polar surface area (TPSA) is 67.0 Å². The first-order valence-corrected chi connectivity index (χ1v) is 7.70. The molecular weight excluding hydrogens is 302 g/mol. The Bertz CT molecular complexity index is 864. The molecule has 2 aromatic carbocycles. The van der Waals surface area contributed by atoms with Gasteiger partial charge in [-0.1, -0.05) is 23.8 Å². The fourth-order valence-corrected chi connectivity index (χ4v) is 2.47. The van der Waals surface area contributed by atoms with Crippen LogP contribution in [0, 0.1) is 6.92 Å². The van der Waals surface area contributed by atoms with Crippen molar-refractivity contribution in [3.05, 3.63) is 65.5 Å². The Morgan fingerprint density at radius 3 is 2.92 bits per heavy atom. The summed E-state index contributed by atoms with van der Waals surface area (Å²) in [6.07, 6.45) is 3.25. The number of carbonyl (C=O) groups excluding carboxylic acids is 1. The maximum atomic E-state index is 12.0. The summed E-state index contributed by atoms with van der Waals surface area (Å²) in [6, 6.07) is 13.6. The number of rotatable bonds is 5. The van der Waals surface area contributed by atoms with Crippen LogP contribution in [-0.2, 0) is 11.3 Å². The van der Waals surface area contributed by atoms with E-state index in [1.165, 1.54) is 6.08 Å². The van der Waals surface area contributed by atoms with E-state index in [2.05, 4.69) is 15.3 Å². The summed E-state index contributed by atoms with van der Waals surface area (Å²) < 4.78 is 5.30. The number of aromatic amines is 1. The smallest absolute Gasteiger partial charge is 0.244 e. The molecule has 0 saturated heterocycles. The normalized spacial score (nSPS) is 11.1. The highest BCUT2D eigenvalue weighted by Crippen LogP contribution is 2.20. The number of nitrogens with zero attached hydrogens (tertiary/aromatic N) is 1. The van der Waals surface area contributed by atoms with Crippen LogP contribution in [0.3, 0.4) is 0 Å². The molecule has 0 fully saturated rings. The third-order valence-electron chi connectivity index (χ3n) is 3.67. The van der Waals surface area contributed by atoms with E-state index in [9.17, 15) is 4.79 Å². The van der Waals surface area contributed by atoms with Crippen molar-refractivity contribution in [1.82, 2.24) is 15.3 Å². The van der Waals surface area contributed by atoms with Crippen molar-refractivity contribution in [2.45, 2.75) is 13.5 Å². The number of imidazole rings is 1. The van der Waals surface area contributed by atoms with E-state index in [0.717, 1.165) is 33.7 Å². The number of methoxy groups -OCH3 is 1. The van der Waals surface area contributed by atoms with Crippen molar-refractivity contribution in [3.63, 3.8) is 0 Å². The Labute approximate surface area is 140 Å². The van der Waals surface area contributed by atoms with E-state index in [-0.39, 0.29) is 5.91 Å². The number of ether oxygens (including phenoxy) is 1. The molecule has 5 nitrogen and oxygen atoms in total. The maximum absolute atomic E-state index is 12.0. The molecule has 0 saturated carbocycles. The number of benzene rings is 2. The Hall–Kier alpha value is -3.08. The van der Waals surface area contributed by atoms with Gasteiger partial charge < -0.3 is 15.0 Å². The Morgan fingerprint density at radius 1 is 1.29 bits per heavy atom. The van der Waals surface area contributed by atoms with Gasteiger partial charge in [0, 0.05) is 11.6 Å². The van der Waals surface area contributed by atoms with Gasteiger partial charge in [-0.3, -0.25) is 4.79 Å². The summed E-state index contributed by atoms with van der Waals surface area (Å²) in [5.74, 6) is 1.28. The van der Waals surface area contributed by atoms with Crippen LogP contribution in [0.2, 0.25) is 0 Å². The van der Waals surface area contributed by atoms with Crippen molar-refractivity contribution in [3.8, 4) is 5.75 Å². The van der Waals surface area contributed by atoms with E-state index >= 15 is 0 Å². The van der Waals surface area contributed by atoms with Crippen LogP contribution in [0.15, 0.2) is 48.5 Å². The van der Waals surface area contributed by atoms with Crippen LogP contribution >= 0.6 is 0 Å². The summed E-state index contributed by atoms with van der Waals surface area (Å²) in [7, 11) is 1.61. The number of aryl methyl sites for hydroxylation is 1. The molecule has 0 bridgehead atoms. The van der Waals surface area contributed by atoms with Gasteiger partial charge in [0.05, 0.1) is 24.7 Å². The minimum absolute atomic E-state index is 0.181. The molecule has 0 unspecified atom stereocenters. The van der Waals surface area contributed by atoms with Gasteiger partial charge in [0.15, 0.2) is 0 Å². The molecule has 5 heteroatoms. The van der Waals surface area contributed by atoms with Gasteiger partial charge in [0.2, 0.25) is 5.91 Å². The zero-order valence-corrected chi connectivity index (χ0v) is 13.7. The fraction of sp³-hybridized carbons (Fsp3) is 0.158. The van der Waals surface area contributed by atoms with Crippen molar-refractivity contribution < 1.29 is 9.53 Å². The maximum Gasteiger partial charge on any atom is 0.244 e. The lowest BCUT2D eigenvalue weighted by Crippen LogP contribution is -2.20. The van der Waals surface area contributed by atoms with E-state index in [1.807, 2.05) is 49.4 Å². The number of hydrogen-bond acceptors (Lipinski definition) is 3. The van der Waals surface area contributed by atoms with E-state index in [0.29, 0.717) is 6.54 Å². The molecule has 1 aromatic heterocycles. The second-order valence-electron chi connectivity index (χ2n) is 5.50.